The Bertz CT molecular complexity index is 342. The number of hydrogen-bond acceptors (Lipinski definition) is 3. The number of anilines is 1. The van der Waals surface area contributed by atoms with Crippen LogP contribution in [-0.2, 0) is 5.41 Å². The molecule has 1 N–H and O–H groups in total. The second-order valence-corrected chi connectivity index (χ2v) is 5.09. The molecule has 78 valence electrons. The van der Waals surface area contributed by atoms with Crippen molar-refractivity contribution in [1.29, 1.82) is 0 Å². The summed E-state index contributed by atoms with van der Waals surface area (Å²) < 4.78 is 0.938. The highest BCUT2D eigenvalue weighted by molar-refractivity contribution is 9.10. The van der Waals surface area contributed by atoms with Crippen molar-refractivity contribution in [2.45, 2.75) is 33.1 Å². The third-order valence-electron chi connectivity index (χ3n) is 1.92. The third-order valence-corrected chi connectivity index (χ3v) is 2.87. The summed E-state index contributed by atoms with van der Waals surface area (Å²) in [6.07, 6.45) is 0. The molecule has 0 saturated heterocycles. The Morgan fingerprint density at radius 1 is 1.21 bits per heavy atom. The molecule has 1 aromatic rings. The molecule has 0 radical (unpaired) electrons. The van der Waals surface area contributed by atoms with Gasteiger partial charge in [-0.2, -0.15) is 0 Å². The van der Waals surface area contributed by atoms with Crippen molar-refractivity contribution >= 4 is 21.7 Å². The fourth-order valence-corrected chi connectivity index (χ4v) is 1.44. The predicted molar refractivity (Wildman–Crippen MR) is 62.7 cm³/mol. The molecule has 0 fully saturated rings. The lowest BCUT2D eigenvalue weighted by atomic mass is 9.95. The van der Waals surface area contributed by atoms with Crippen LogP contribution in [0.25, 0.3) is 0 Å². The number of halogens is 1. The van der Waals surface area contributed by atoms with E-state index in [9.17, 15) is 0 Å². The van der Waals surface area contributed by atoms with Crippen molar-refractivity contribution < 1.29 is 0 Å². The van der Waals surface area contributed by atoms with Crippen LogP contribution in [0.4, 0.5) is 5.82 Å². The number of hydrogen-bond donors (Lipinski definition) is 1. The van der Waals surface area contributed by atoms with Crippen molar-refractivity contribution in [2.24, 2.45) is 0 Å². The Hall–Kier alpha value is -0.640. The van der Waals surface area contributed by atoms with E-state index >= 15 is 0 Å². The first-order valence-corrected chi connectivity index (χ1v) is 5.38. The second kappa shape index (κ2) is 3.85. The molecular formula is C10H16BrN3. The van der Waals surface area contributed by atoms with E-state index < -0.39 is 0 Å². The number of nitrogens with one attached hydrogen (secondary N) is 1. The first-order valence-electron chi connectivity index (χ1n) is 4.58. The quantitative estimate of drug-likeness (QED) is 0.841. The van der Waals surface area contributed by atoms with Gasteiger partial charge in [0.25, 0.3) is 0 Å². The number of nitrogens with zero attached hydrogens (tertiary/aromatic N) is 2. The largest absolute Gasteiger partial charge is 0.372 e. The number of rotatable bonds is 1. The van der Waals surface area contributed by atoms with E-state index in [-0.39, 0.29) is 5.41 Å². The van der Waals surface area contributed by atoms with Gasteiger partial charge in [-0.05, 0) is 22.9 Å². The lowest BCUT2D eigenvalue weighted by molar-refractivity contribution is 0.543. The van der Waals surface area contributed by atoms with Crippen LogP contribution in [0.15, 0.2) is 4.47 Å². The fourth-order valence-electron chi connectivity index (χ4n) is 1.06. The molecule has 0 aliphatic heterocycles. The molecule has 0 unspecified atom stereocenters. The van der Waals surface area contributed by atoms with Crippen LogP contribution in [0.3, 0.4) is 0 Å². The van der Waals surface area contributed by atoms with Gasteiger partial charge in [0.15, 0.2) is 0 Å². The molecule has 0 spiro atoms. The predicted octanol–water partition coefficient (Wildman–Crippen LogP) is 2.89. The maximum absolute atomic E-state index is 4.45. The van der Waals surface area contributed by atoms with Gasteiger partial charge >= 0.3 is 0 Å². The smallest absolute Gasteiger partial charge is 0.144 e. The van der Waals surface area contributed by atoms with Gasteiger partial charge in [-0.25, -0.2) is 9.97 Å². The van der Waals surface area contributed by atoms with Gasteiger partial charge in [-0.3, -0.25) is 0 Å². The van der Waals surface area contributed by atoms with Crippen molar-refractivity contribution in [3.05, 3.63) is 16.0 Å². The first-order chi connectivity index (χ1) is 6.36. The summed E-state index contributed by atoms with van der Waals surface area (Å²) in [5.74, 6) is 1.71. The topological polar surface area (TPSA) is 37.8 Å². The van der Waals surface area contributed by atoms with Crippen molar-refractivity contribution in [1.82, 2.24) is 9.97 Å². The first kappa shape index (κ1) is 11.4. The average Bonchev–Trinajstić information content (AvgIpc) is 2.07. The maximum Gasteiger partial charge on any atom is 0.144 e. The Labute approximate surface area is 93.5 Å². The van der Waals surface area contributed by atoms with Crippen LogP contribution in [0.5, 0.6) is 0 Å². The number of aromatic nitrogens is 2. The summed E-state index contributed by atoms with van der Waals surface area (Å²) in [4.78, 5) is 8.91. The summed E-state index contributed by atoms with van der Waals surface area (Å²) in [7, 11) is 1.86. The minimum atomic E-state index is -0.0168. The third kappa shape index (κ3) is 2.23. The Balaban J connectivity index is 3.30. The molecule has 1 heterocycles. The monoisotopic (exact) mass is 257 g/mol. The summed E-state index contributed by atoms with van der Waals surface area (Å²) in [5.41, 5.74) is 0.950. The molecule has 0 bridgehead atoms. The lowest BCUT2D eigenvalue weighted by Gasteiger charge is -2.18. The van der Waals surface area contributed by atoms with Crippen molar-refractivity contribution in [2.75, 3.05) is 12.4 Å². The Morgan fingerprint density at radius 3 is 2.21 bits per heavy atom. The van der Waals surface area contributed by atoms with Crippen LogP contribution >= 0.6 is 15.9 Å². The van der Waals surface area contributed by atoms with E-state index in [1.165, 1.54) is 0 Å². The van der Waals surface area contributed by atoms with Gasteiger partial charge in [0, 0.05) is 12.5 Å². The molecule has 0 aromatic carbocycles. The molecule has 14 heavy (non-hydrogen) atoms. The van der Waals surface area contributed by atoms with Gasteiger partial charge in [-0.1, -0.05) is 20.8 Å². The van der Waals surface area contributed by atoms with E-state index in [0.717, 1.165) is 21.8 Å². The van der Waals surface area contributed by atoms with E-state index in [2.05, 4.69) is 52.0 Å². The Kier molecular flexibility index (Phi) is 3.14. The minimum absolute atomic E-state index is 0.0168. The highest BCUT2D eigenvalue weighted by Crippen LogP contribution is 2.26. The Morgan fingerprint density at radius 2 is 1.79 bits per heavy atom. The van der Waals surface area contributed by atoms with Gasteiger partial charge in [-0.15, -0.1) is 0 Å². The normalized spacial score (nSPS) is 11.6. The molecule has 0 aliphatic rings. The second-order valence-electron chi connectivity index (χ2n) is 4.30. The van der Waals surface area contributed by atoms with E-state index in [0.29, 0.717) is 0 Å². The van der Waals surface area contributed by atoms with Crippen LogP contribution in [0.2, 0.25) is 0 Å². The molecule has 0 aliphatic carbocycles. The van der Waals surface area contributed by atoms with Crippen LogP contribution in [-0.4, -0.2) is 17.0 Å². The highest BCUT2D eigenvalue weighted by atomic mass is 79.9. The van der Waals surface area contributed by atoms with E-state index in [1.807, 2.05) is 14.0 Å². The minimum Gasteiger partial charge on any atom is -0.372 e. The summed E-state index contributed by atoms with van der Waals surface area (Å²) in [5, 5.41) is 3.05. The zero-order valence-corrected chi connectivity index (χ0v) is 10.9. The van der Waals surface area contributed by atoms with Gasteiger partial charge in [0.2, 0.25) is 0 Å². The average molecular weight is 258 g/mol. The zero-order chi connectivity index (χ0) is 10.9. The molecule has 3 nitrogen and oxygen atoms in total. The van der Waals surface area contributed by atoms with Crippen LogP contribution < -0.4 is 5.32 Å². The summed E-state index contributed by atoms with van der Waals surface area (Å²) in [6.45, 7) is 8.29. The zero-order valence-electron chi connectivity index (χ0n) is 9.27. The van der Waals surface area contributed by atoms with E-state index in [1.54, 1.807) is 0 Å². The van der Waals surface area contributed by atoms with E-state index in [4.69, 9.17) is 0 Å². The van der Waals surface area contributed by atoms with Crippen LogP contribution in [0.1, 0.15) is 32.3 Å². The highest BCUT2D eigenvalue weighted by Gasteiger charge is 2.19. The van der Waals surface area contributed by atoms with Crippen LogP contribution in [0, 0.1) is 6.92 Å². The molecule has 0 atom stereocenters. The van der Waals surface area contributed by atoms with Gasteiger partial charge < -0.3 is 5.32 Å². The molecule has 0 saturated carbocycles. The molecule has 1 aromatic heterocycles. The molecule has 4 heteroatoms. The molecule has 1 rings (SSSR count). The molecular weight excluding hydrogens is 242 g/mol. The van der Waals surface area contributed by atoms with Gasteiger partial charge in [0.1, 0.15) is 11.6 Å². The summed E-state index contributed by atoms with van der Waals surface area (Å²) in [6, 6.07) is 0. The lowest BCUT2D eigenvalue weighted by Crippen LogP contribution is -2.18. The van der Waals surface area contributed by atoms with Crippen molar-refractivity contribution in [3.8, 4) is 0 Å². The summed E-state index contributed by atoms with van der Waals surface area (Å²) >= 11 is 3.45. The number of aryl methyl sites for hydroxylation is 1. The fraction of sp³-hybridized carbons (Fsp3) is 0.600. The molecule has 0 amide bonds. The standard InChI is InChI=1S/C10H16BrN3/c1-6-7(11)8(12-5)14-9(13-6)10(2,3)4/h1-5H3,(H,12,13,14). The SMILES string of the molecule is CNc1nc(C(C)(C)C)nc(C)c1Br. The maximum atomic E-state index is 4.45. The van der Waals surface area contributed by atoms with Gasteiger partial charge in [0.05, 0.1) is 10.2 Å². The van der Waals surface area contributed by atoms with Crippen molar-refractivity contribution in [3.63, 3.8) is 0 Å².